The number of allylic oxidation sites excluding steroid dienone is 2. The first-order chi connectivity index (χ1) is 42.5. The summed E-state index contributed by atoms with van der Waals surface area (Å²) < 4.78 is 6.47. The highest BCUT2D eigenvalue weighted by atomic mass is 16.3. The fourth-order valence-corrected chi connectivity index (χ4v) is 14.9. The molecule has 0 amide bonds. The number of benzene rings is 11. The number of fused-ring (bicyclic) bond motifs is 10. The Balaban J connectivity index is 0.905. The van der Waals surface area contributed by atoms with E-state index in [4.69, 9.17) is 14.4 Å². The average Bonchev–Trinajstić information content (AvgIpc) is 1.60. The summed E-state index contributed by atoms with van der Waals surface area (Å²) in [6, 6.07) is 94.4. The lowest BCUT2D eigenvalue weighted by Crippen LogP contribution is -2.29. The largest absolute Gasteiger partial charge is 0.436 e. The molecule has 4 aliphatic carbocycles. The summed E-state index contributed by atoms with van der Waals surface area (Å²) in [5, 5.41) is 0. The zero-order chi connectivity index (χ0) is 58.6. The standard InChI is InChI=1S/C82H64N4O/c1-53-22-12-17-35-76(53)83-52-54-23-20-29-58(46-54)85(60-38-42-66-64-31-13-15-33-70(64)80(2,3)72(66)48-60)62-40-44-68-69-45-41-63(51-75(69)82(74(68)50-62,56-25-8-6-9-26-56)57-27-10-7-11-28-57)86(59-30-21-24-55(47-59)79-84-77-36-18-19-37-78(77)87-79)61-39-43-67-65-32-14-16-34-71(65)81(4,5)73(67)49-61/h6-53,76H,1-5H3. The first-order valence-electron chi connectivity index (χ1n) is 30.5. The van der Waals surface area contributed by atoms with Crippen LogP contribution in [0, 0.1) is 5.92 Å². The van der Waals surface area contributed by atoms with Crippen LogP contribution in [0.15, 0.2) is 289 Å². The maximum absolute atomic E-state index is 6.47. The molecule has 1 aromatic heterocycles. The minimum absolute atomic E-state index is 0.0777. The lowest BCUT2D eigenvalue weighted by molar-refractivity contribution is 0.620. The zero-order valence-corrected chi connectivity index (χ0v) is 49.5. The number of anilines is 6. The molecule has 5 nitrogen and oxygen atoms in total. The van der Waals surface area contributed by atoms with E-state index in [1.165, 1.54) is 77.9 Å². The van der Waals surface area contributed by atoms with Crippen LogP contribution in [-0.4, -0.2) is 17.2 Å². The molecule has 2 atom stereocenters. The van der Waals surface area contributed by atoms with E-state index in [9.17, 15) is 0 Å². The van der Waals surface area contributed by atoms with Crippen molar-refractivity contribution in [3.63, 3.8) is 0 Å². The Bertz CT molecular complexity index is 4740. The monoisotopic (exact) mass is 1120 g/mol. The summed E-state index contributed by atoms with van der Waals surface area (Å²) in [6.07, 6.45) is 10.7. The van der Waals surface area contributed by atoms with E-state index in [1.54, 1.807) is 0 Å². The van der Waals surface area contributed by atoms with Crippen molar-refractivity contribution in [2.45, 2.75) is 56.9 Å². The van der Waals surface area contributed by atoms with Gasteiger partial charge in [0.05, 0.1) is 11.5 Å². The van der Waals surface area contributed by atoms with Crippen LogP contribution in [0.25, 0.3) is 55.9 Å². The lowest BCUT2D eigenvalue weighted by Gasteiger charge is -2.36. The molecule has 87 heavy (non-hydrogen) atoms. The van der Waals surface area contributed by atoms with Crippen molar-refractivity contribution < 1.29 is 4.42 Å². The minimum atomic E-state index is -0.757. The van der Waals surface area contributed by atoms with Gasteiger partial charge in [-0.3, -0.25) is 4.99 Å². The van der Waals surface area contributed by atoms with E-state index in [0.717, 1.165) is 56.4 Å². The summed E-state index contributed by atoms with van der Waals surface area (Å²) in [4.78, 5) is 15.1. The number of para-hydroxylation sites is 2. The maximum atomic E-state index is 6.47. The topological polar surface area (TPSA) is 44.9 Å². The number of oxazole rings is 1. The van der Waals surface area contributed by atoms with E-state index in [-0.39, 0.29) is 16.9 Å². The molecule has 0 aliphatic heterocycles. The van der Waals surface area contributed by atoms with Gasteiger partial charge in [-0.05, 0) is 174 Å². The molecule has 2 unspecified atom stereocenters. The Morgan fingerprint density at radius 1 is 0.402 bits per heavy atom. The third-order valence-corrected chi connectivity index (χ3v) is 19.2. The Morgan fingerprint density at radius 2 is 0.851 bits per heavy atom. The SMILES string of the molecule is CC1C=CC=CC1N=Cc1cccc(N(c2ccc3c(c2)C(C)(C)c2ccccc2-3)c2ccc3c(c2)C(c2ccccc2)(c2ccccc2)c2cc(N(c4cccc(-c5nc6ccccc6o5)c4)c4ccc5c(c4)C(C)(C)c4ccccc4-5)ccc2-3)c1. The number of rotatable bonds is 11. The molecule has 11 aromatic carbocycles. The summed E-state index contributed by atoms with van der Waals surface area (Å²) in [7, 11) is 0. The van der Waals surface area contributed by atoms with Crippen LogP contribution >= 0.6 is 0 Å². The van der Waals surface area contributed by atoms with Crippen LogP contribution in [-0.2, 0) is 16.2 Å². The summed E-state index contributed by atoms with van der Waals surface area (Å²) in [6.45, 7) is 11.7. The fraction of sp³-hybridized carbons (Fsp3) is 0.122. The molecule has 0 saturated carbocycles. The van der Waals surface area contributed by atoms with Crippen LogP contribution in [0.5, 0.6) is 0 Å². The quantitative estimate of drug-likeness (QED) is 0.121. The third-order valence-electron chi connectivity index (χ3n) is 19.2. The first kappa shape index (κ1) is 52.2. The van der Waals surface area contributed by atoms with Gasteiger partial charge in [0.2, 0.25) is 5.89 Å². The lowest BCUT2D eigenvalue weighted by atomic mass is 9.67. The highest BCUT2D eigenvalue weighted by molar-refractivity contribution is 5.95. The number of aromatic nitrogens is 1. The second-order valence-corrected chi connectivity index (χ2v) is 24.9. The van der Waals surface area contributed by atoms with Crippen molar-refractivity contribution in [1.29, 1.82) is 0 Å². The van der Waals surface area contributed by atoms with Crippen molar-refractivity contribution in [2.24, 2.45) is 10.9 Å². The molecule has 418 valence electrons. The third kappa shape index (κ3) is 8.28. The van der Waals surface area contributed by atoms with Gasteiger partial charge in [0.25, 0.3) is 0 Å². The Labute approximate surface area is 509 Å². The number of hydrogen-bond acceptors (Lipinski definition) is 5. The fourth-order valence-electron chi connectivity index (χ4n) is 14.9. The van der Waals surface area contributed by atoms with Gasteiger partial charge in [0.15, 0.2) is 5.58 Å². The molecular formula is C82H64N4O. The maximum Gasteiger partial charge on any atom is 0.227 e. The van der Waals surface area contributed by atoms with Gasteiger partial charge in [-0.25, -0.2) is 4.98 Å². The van der Waals surface area contributed by atoms with Gasteiger partial charge in [0.1, 0.15) is 5.52 Å². The molecule has 5 heteroatoms. The van der Waals surface area contributed by atoms with Gasteiger partial charge in [-0.2, -0.15) is 0 Å². The average molecular weight is 1120 g/mol. The summed E-state index contributed by atoms with van der Waals surface area (Å²) >= 11 is 0. The Kier molecular flexibility index (Phi) is 12.1. The summed E-state index contributed by atoms with van der Waals surface area (Å²) in [5.74, 6) is 0.902. The van der Waals surface area contributed by atoms with Gasteiger partial charge < -0.3 is 14.2 Å². The van der Waals surface area contributed by atoms with Gasteiger partial charge in [-0.1, -0.05) is 223 Å². The van der Waals surface area contributed by atoms with Crippen molar-refractivity contribution in [2.75, 3.05) is 9.80 Å². The zero-order valence-electron chi connectivity index (χ0n) is 49.5. The molecule has 0 saturated heterocycles. The Morgan fingerprint density at radius 3 is 1.40 bits per heavy atom. The minimum Gasteiger partial charge on any atom is -0.436 e. The molecular weight excluding hydrogens is 1060 g/mol. The van der Waals surface area contributed by atoms with E-state index in [0.29, 0.717) is 11.8 Å². The van der Waals surface area contributed by atoms with Crippen LogP contribution in [0.4, 0.5) is 34.1 Å². The van der Waals surface area contributed by atoms with Crippen LogP contribution in [0.1, 0.15) is 84.7 Å². The summed E-state index contributed by atoms with van der Waals surface area (Å²) in [5.41, 5.74) is 26.4. The molecule has 0 fully saturated rings. The number of nitrogens with zero attached hydrogens (tertiary/aromatic N) is 4. The normalized spacial score (nSPS) is 16.7. The highest BCUT2D eigenvalue weighted by Gasteiger charge is 2.47. The van der Waals surface area contributed by atoms with Crippen LogP contribution in [0.3, 0.4) is 0 Å². The van der Waals surface area contributed by atoms with E-state index in [1.807, 2.05) is 24.3 Å². The van der Waals surface area contributed by atoms with Crippen molar-refractivity contribution in [3.05, 3.63) is 329 Å². The molecule has 4 aliphatic rings. The molecule has 0 N–H and O–H groups in total. The molecule has 12 aromatic rings. The predicted molar refractivity (Wildman–Crippen MR) is 360 cm³/mol. The second kappa shape index (κ2) is 20.1. The molecule has 16 rings (SSSR count). The van der Waals surface area contributed by atoms with E-state index >= 15 is 0 Å². The van der Waals surface area contributed by atoms with Crippen LogP contribution < -0.4 is 9.80 Å². The van der Waals surface area contributed by atoms with Gasteiger partial charge in [0, 0.05) is 62.7 Å². The molecule has 0 spiro atoms. The van der Waals surface area contributed by atoms with Crippen molar-refractivity contribution in [3.8, 4) is 44.8 Å². The van der Waals surface area contributed by atoms with Gasteiger partial charge in [-0.15, -0.1) is 0 Å². The Hall–Kier alpha value is -10.4. The molecule has 1 heterocycles. The van der Waals surface area contributed by atoms with Crippen molar-refractivity contribution in [1.82, 2.24) is 4.98 Å². The van der Waals surface area contributed by atoms with Crippen molar-refractivity contribution >= 4 is 51.4 Å². The predicted octanol–water partition coefficient (Wildman–Crippen LogP) is 21.0. The smallest absolute Gasteiger partial charge is 0.227 e. The molecule has 0 bridgehead atoms. The van der Waals surface area contributed by atoms with Gasteiger partial charge >= 0.3 is 0 Å². The molecule has 0 radical (unpaired) electrons. The van der Waals surface area contributed by atoms with E-state index in [2.05, 4.69) is 305 Å². The van der Waals surface area contributed by atoms with Crippen LogP contribution in [0.2, 0.25) is 0 Å². The second-order valence-electron chi connectivity index (χ2n) is 24.9. The van der Waals surface area contributed by atoms with E-state index < -0.39 is 5.41 Å². The first-order valence-corrected chi connectivity index (χ1v) is 30.5. The highest BCUT2D eigenvalue weighted by Crippen LogP contribution is 2.60. The number of hydrogen-bond donors (Lipinski definition) is 0. The number of aliphatic imine (C=N–C) groups is 1.